The number of nitrogens with zero attached hydrogens (tertiary/aromatic N) is 2. The van der Waals surface area contributed by atoms with Crippen molar-refractivity contribution < 1.29 is 14.0 Å². The third-order valence-electron chi connectivity index (χ3n) is 7.44. The summed E-state index contributed by atoms with van der Waals surface area (Å²) in [6.45, 7) is 1.13. The van der Waals surface area contributed by atoms with Crippen LogP contribution in [0, 0.1) is 0 Å². The number of thioether (sulfide) groups is 1. The number of fused-ring (bicyclic) bond motifs is 4. The Bertz CT molecular complexity index is 1200. The standard InChI is InChI=1S/C26H29N3O3S2/c1-30-21-5-4-6-22(31-2)24(21)34-28-25-19-14-26(10-11-26)20-8-7-16(13-18(20)23(19)32-27-25)29-12-9-17(29)15-33-3/h4-8,13,17H,9-12,14-15H2,1-3H3,(H,27,28). The van der Waals surface area contributed by atoms with Crippen LogP contribution in [0.5, 0.6) is 11.5 Å². The third kappa shape index (κ3) is 3.53. The molecular weight excluding hydrogens is 466 g/mol. The van der Waals surface area contributed by atoms with Crippen LogP contribution in [0.2, 0.25) is 0 Å². The summed E-state index contributed by atoms with van der Waals surface area (Å²) < 4.78 is 20.5. The summed E-state index contributed by atoms with van der Waals surface area (Å²) in [4.78, 5) is 3.42. The fourth-order valence-electron chi connectivity index (χ4n) is 5.32. The average Bonchev–Trinajstić information content (AvgIpc) is 3.50. The highest BCUT2D eigenvalue weighted by Crippen LogP contribution is 2.59. The van der Waals surface area contributed by atoms with Crippen LogP contribution >= 0.6 is 23.7 Å². The summed E-state index contributed by atoms with van der Waals surface area (Å²) in [5.41, 5.74) is 5.34. The fourth-order valence-corrected chi connectivity index (χ4v) is 6.91. The van der Waals surface area contributed by atoms with Crippen molar-refractivity contribution in [1.29, 1.82) is 0 Å². The van der Waals surface area contributed by atoms with Crippen LogP contribution in [0.15, 0.2) is 45.8 Å². The van der Waals surface area contributed by atoms with Gasteiger partial charge < -0.3 is 23.6 Å². The van der Waals surface area contributed by atoms with E-state index in [4.69, 9.17) is 14.0 Å². The largest absolute Gasteiger partial charge is 0.495 e. The molecule has 3 aromatic rings. The van der Waals surface area contributed by atoms with Gasteiger partial charge in [-0.05, 0) is 73.7 Å². The van der Waals surface area contributed by atoms with E-state index in [1.807, 2.05) is 30.0 Å². The molecule has 1 spiro atoms. The van der Waals surface area contributed by atoms with Gasteiger partial charge in [0.25, 0.3) is 0 Å². The van der Waals surface area contributed by atoms with E-state index in [2.05, 4.69) is 39.2 Å². The van der Waals surface area contributed by atoms with Gasteiger partial charge in [-0.3, -0.25) is 0 Å². The Morgan fingerprint density at radius 1 is 1.18 bits per heavy atom. The number of hydrogen-bond donors (Lipinski definition) is 1. The first kappa shape index (κ1) is 22.0. The van der Waals surface area contributed by atoms with Crippen LogP contribution < -0.4 is 19.1 Å². The third-order valence-corrected chi connectivity index (χ3v) is 9.06. The SMILES string of the molecule is COc1cccc(OC)c1SNc1noc2c1CC1(CC1)c1ccc(N3CCC3CSC)cc1-2. The van der Waals surface area contributed by atoms with Gasteiger partial charge in [-0.1, -0.05) is 17.3 Å². The molecule has 3 aliphatic rings. The smallest absolute Gasteiger partial charge is 0.183 e. The lowest BCUT2D eigenvalue weighted by Gasteiger charge is -2.43. The lowest BCUT2D eigenvalue weighted by atomic mass is 9.79. The van der Waals surface area contributed by atoms with Crippen molar-refractivity contribution in [2.24, 2.45) is 0 Å². The summed E-state index contributed by atoms with van der Waals surface area (Å²) in [7, 11) is 3.34. The van der Waals surface area contributed by atoms with E-state index in [-0.39, 0.29) is 5.41 Å². The Kier molecular flexibility index (Phi) is 5.60. The van der Waals surface area contributed by atoms with Gasteiger partial charge >= 0.3 is 0 Å². The molecule has 1 aliphatic heterocycles. The Hall–Kier alpha value is -2.45. The molecule has 1 unspecified atom stereocenters. The zero-order valence-electron chi connectivity index (χ0n) is 19.7. The van der Waals surface area contributed by atoms with Crippen LogP contribution in [-0.2, 0) is 11.8 Å². The molecule has 1 N–H and O–H groups in total. The second kappa shape index (κ2) is 8.64. The van der Waals surface area contributed by atoms with Crippen LogP contribution in [0.25, 0.3) is 11.3 Å². The highest BCUT2D eigenvalue weighted by atomic mass is 32.2. The average molecular weight is 496 g/mol. The Labute approximate surface area is 208 Å². The van der Waals surface area contributed by atoms with Gasteiger partial charge in [0.1, 0.15) is 16.4 Å². The van der Waals surface area contributed by atoms with E-state index in [9.17, 15) is 0 Å². The van der Waals surface area contributed by atoms with Crippen molar-refractivity contribution in [3.05, 3.63) is 47.5 Å². The lowest BCUT2D eigenvalue weighted by molar-refractivity contribution is 0.376. The number of rotatable bonds is 8. The second-order valence-corrected chi connectivity index (χ2v) is 11.0. The Morgan fingerprint density at radius 2 is 1.97 bits per heavy atom. The molecule has 34 heavy (non-hydrogen) atoms. The van der Waals surface area contributed by atoms with Crippen molar-refractivity contribution in [3.63, 3.8) is 0 Å². The van der Waals surface area contributed by atoms with Crippen molar-refractivity contribution in [2.75, 3.05) is 42.4 Å². The number of methoxy groups -OCH3 is 2. The summed E-state index contributed by atoms with van der Waals surface area (Å²) in [6.07, 6.45) is 6.86. The minimum atomic E-state index is 0.225. The molecule has 1 aromatic heterocycles. The minimum absolute atomic E-state index is 0.225. The van der Waals surface area contributed by atoms with Gasteiger partial charge in [-0.2, -0.15) is 11.8 Å². The molecule has 178 valence electrons. The summed E-state index contributed by atoms with van der Waals surface area (Å²) in [6, 6.07) is 13.4. The van der Waals surface area contributed by atoms with E-state index in [1.54, 1.807) is 14.2 Å². The first-order valence-corrected chi connectivity index (χ1v) is 13.9. The predicted molar refractivity (Wildman–Crippen MR) is 140 cm³/mol. The Balaban J connectivity index is 1.32. The highest BCUT2D eigenvalue weighted by Gasteiger charge is 2.50. The molecule has 6 nitrogen and oxygen atoms in total. The Morgan fingerprint density at radius 3 is 2.62 bits per heavy atom. The number of benzene rings is 2. The number of nitrogens with one attached hydrogen (secondary N) is 1. The van der Waals surface area contributed by atoms with E-state index in [0.29, 0.717) is 6.04 Å². The molecule has 0 radical (unpaired) electrons. The maximum atomic E-state index is 5.99. The molecule has 1 atom stereocenters. The van der Waals surface area contributed by atoms with Crippen molar-refractivity contribution in [1.82, 2.24) is 5.16 Å². The molecule has 1 saturated carbocycles. The van der Waals surface area contributed by atoms with Gasteiger partial charge in [0.05, 0.1) is 14.2 Å². The molecule has 0 amide bonds. The van der Waals surface area contributed by atoms with E-state index >= 15 is 0 Å². The minimum Gasteiger partial charge on any atom is -0.495 e. The van der Waals surface area contributed by atoms with Gasteiger partial charge in [-0.25, -0.2) is 0 Å². The van der Waals surface area contributed by atoms with Crippen molar-refractivity contribution in [3.8, 4) is 22.8 Å². The van der Waals surface area contributed by atoms with E-state index in [0.717, 1.165) is 40.9 Å². The molecule has 2 fully saturated rings. The highest BCUT2D eigenvalue weighted by molar-refractivity contribution is 8.00. The van der Waals surface area contributed by atoms with Crippen LogP contribution in [0.4, 0.5) is 11.5 Å². The molecule has 2 heterocycles. The summed E-state index contributed by atoms with van der Waals surface area (Å²) in [5, 5.41) is 4.46. The monoisotopic (exact) mass is 495 g/mol. The number of aromatic nitrogens is 1. The lowest BCUT2D eigenvalue weighted by Crippen LogP contribution is -2.49. The van der Waals surface area contributed by atoms with Crippen LogP contribution in [-0.4, -0.2) is 44.0 Å². The molecule has 2 aliphatic carbocycles. The zero-order valence-corrected chi connectivity index (χ0v) is 21.4. The van der Waals surface area contributed by atoms with Gasteiger partial charge in [0, 0.05) is 40.6 Å². The van der Waals surface area contributed by atoms with Gasteiger partial charge in [0.2, 0.25) is 0 Å². The molecule has 1 saturated heterocycles. The first-order valence-electron chi connectivity index (χ1n) is 11.7. The van der Waals surface area contributed by atoms with E-state index in [1.165, 1.54) is 59.3 Å². The van der Waals surface area contributed by atoms with Gasteiger partial charge in [0.15, 0.2) is 11.6 Å². The maximum Gasteiger partial charge on any atom is 0.183 e. The van der Waals surface area contributed by atoms with Gasteiger partial charge in [-0.15, -0.1) is 0 Å². The van der Waals surface area contributed by atoms with Crippen molar-refractivity contribution >= 4 is 35.2 Å². The summed E-state index contributed by atoms with van der Waals surface area (Å²) in [5.74, 6) is 4.40. The first-order chi connectivity index (χ1) is 16.7. The normalized spacial score (nSPS) is 19.3. The topological polar surface area (TPSA) is 59.8 Å². The summed E-state index contributed by atoms with van der Waals surface area (Å²) >= 11 is 3.37. The van der Waals surface area contributed by atoms with E-state index < -0.39 is 0 Å². The second-order valence-electron chi connectivity index (χ2n) is 9.31. The molecular formula is C26H29N3O3S2. The molecule has 0 bridgehead atoms. The van der Waals surface area contributed by atoms with Crippen molar-refractivity contribution in [2.45, 2.75) is 42.0 Å². The quantitative estimate of drug-likeness (QED) is 0.382. The number of ether oxygens (including phenoxy) is 2. The number of anilines is 2. The van der Waals surface area contributed by atoms with Crippen LogP contribution in [0.3, 0.4) is 0 Å². The molecule has 2 aromatic carbocycles. The maximum absolute atomic E-state index is 5.99. The zero-order chi connectivity index (χ0) is 23.3. The molecule has 8 heteroatoms. The fraction of sp³-hybridized carbons (Fsp3) is 0.423. The molecule has 6 rings (SSSR count). The van der Waals surface area contributed by atoms with Crippen LogP contribution in [0.1, 0.15) is 30.4 Å². The number of hydrogen-bond acceptors (Lipinski definition) is 8. The predicted octanol–water partition coefficient (Wildman–Crippen LogP) is 6.01.